The van der Waals surface area contributed by atoms with E-state index < -0.39 is 0 Å². The smallest absolute Gasteiger partial charge is 0.137 e. The molecule has 0 amide bonds. The molecule has 0 bridgehead atoms. The Labute approximate surface area is 110 Å². The summed E-state index contributed by atoms with van der Waals surface area (Å²) in [6, 6.07) is 7.68. The van der Waals surface area contributed by atoms with Crippen molar-refractivity contribution in [1.29, 1.82) is 5.26 Å². The van der Waals surface area contributed by atoms with E-state index in [4.69, 9.17) is 10.00 Å². The van der Waals surface area contributed by atoms with Crippen molar-refractivity contribution in [1.82, 2.24) is 5.32 Å². The van der Waals surface area contributed by atoms with Crippen LogP contribution < -0.4 is 10.1 Å². The summed E-state index contributed by atoms with van der Waals surface area (Å²) in [5.74, 6) is 1.24. The van der Waals surface area contributed by atoms with Crippen LogP contribution in [-0.2, 0) is 0 Å². The number of ether oxygens (including phenoxy) is 1. The molecule has 1 heterocycles. The Kier molecular flexibility index (Phi) is 4.41. The highest BCUT2D eigenvalue weighted by Crippen LogP contribution is 2.23. The summed E-state index contributed by atoms with van der Waals surface area (Å²) in [6.45, 7) is 2.81. The summed E-state index contributed by atoms with van der Waals surface area (Å²) < 4.78 is 6.64. The molecule has 1 aromatic rings. The fraction of sp³-hybridized carbons (Fsp3) is 0.462. The van der Waals surface area contributed by atoms with Gasteiger partial charge in [0, 0.05) is 16.9 Å². The molecule has 1 aliphatic heterocycles. The molecule has 1 N–H and O–H groups in total. The second-order valence-electron chi connectivity index (χ2n) is 4.28. The number of nitriles is 1. The summed E-state index contributed by atoms with van der Waals surface area (Å²) in [4.78, 5) is 0. The fourth-order valence-corrected chi connectivity index (χ4v) is 2.35. The van der Waals surface area contributed by atoms with Gasteiger partial charge in [0.1, 0.15) is 11.8 Å². The van der Waals surface area contributed by atoms with Gasteiger partial charge in [-0.3, -0.25) is 0 Å². The number of rotatable bonds is 3. The van der Waals surface area contributed by atoms with E-state index in [1.165, 1.54) is 12.8 Å². The van der Waals surface area contributed by atoms with Crippen LogP contribution in [0, 0.1) is 17.2 Å². The Morgan fingerprint density at radius 3 is 3.12 bits per heavy atom. The third kappa shape index (κ3) is 3.45. The maximum absolute atomic E-state index is 9.02. The zero-order valence-electron chi connectivity index (χ0n) is 9.58. The molecule has 1 aliphatic rings. The second-order valence-corrected chi connectivity index (χ2v) is 5.19. The molecule has 17 heavy (non-hydrogen) atoms. The molecule has 1 saturated heterocycles. The van der Waals surface area contributed by atoms with Gasteiger partial charge >= 0.3 is 0 Å². The lowest BCUT2D eigenvalue weighted by molar-refractivity contribution is 0.218. The van der Waals surface area contributed by atoms with Crippen LogP contribution in [0.5, 0.6) is 5.75 Å². The Morgan fingerprint density at radius 1 is 1.53 bits per heavy atom. The number of nitrogens with zero attached hydrogens (tertiary/aromatic N) is 1. The minimum absolute atomic E-state index is 0.555. The molecule has 0 saturated carbocycles. The number of nitrogens with one attached hydrogen (secondary N) is 1. The first-order chi connectivity index (χ1) is 8.29. The lowest BCUT2D eigenvalue weighted by Gasteiger charge is -2.23. The van der Waals surface area contributed by atoms with Gasteiger partial charge in [-0.15, -0.1) is 0 Å². The number of halogens is 1. The molecule has 4 heteroatoms. The predicted octanol–water partition coefficient (Wildman–Crippen LogP) is 2.70. The SMILES string of the molecule is N#Cc1cc(Br)ccc1OCC1CCCNC1. The van der Waals surface area contributed by atoms with Crippen LogP contribution in [0.3, 0.4) is 0 Å². The van der Waals surface area contributed by atoms with Crippen molar-refractivity contribution in [2.45, 2.75) is 12.8 Å². The molecular weight excluding hydrogens is 280 g/mol. The van der Waals surface area contributed by atoms with Crippen LogP contribution in [0.4, 0.5) is 0 Å². The second kappa shape index (κ2) is 6.04. The van der Waals surface area contributed by atoms with Gasteiger partial charge in [0.15, 0.2) is 0 Å². The Hall–Kier alpha value is -1.05. The number of benzene rings is 1. The minimum atomic E-state index is 0.555. The van der Waals surface area contributed by atoms with E-state index in [-0.39, 0.29) is 0 Å². The normalized spacial score (nSPS) is 19.6. The van der Waals surface area contributed by atoms with Crippen LogP contribution in [0.25, 0.3) is 0 Å². The lowest BCUT2D eigenvalue weighted by Crippen LogP contribution is -2.33. The zero-order valence-corrected chi connectivity index (χ0v) is 11.2. The van der Waals surface area contributed by atoms with Gasteiger partial charge in [-0.25, -0.2) is 0 Å². The van der Waals surface area contributed by atoms with Crippen molar-refractivity contribution in [3.63, 3.8) is 0 Å². The van der Waals surface area contributed by atoms with E-state index in [1.807, 2.05) is 12.1 Å². The lowest BCUT2D eigenvalue weighted by atomic mass is 10.0. The van der Waals surface area contributed by atoms with Gasteiger partial charge in [0.2, 0.25) is 0 Å². The molecule has 0 aromatic heterocycles. The van der Waals surface area contributed by atoms with Crippen molar-refractivity contribution in [2.75, 3.05) is 19.7 Å². The van der Waals surface area contributed by atoms with E-state index in [2.05, 4.69) is 27.3 Å². The van der Waals surface area contributed by atoms with E-state index in [1.54, 1.807) is 6.07 Å². The van der Waals surface area contributed by atoms with Crippen LogP contribution in [-0.4, -0.2) is 19.7 Å². The van der Waals surface area contributed by atoms with Gasteiger partial charge < -0.3 is 10.1 Å². The largest absolute Gasteiger partial charge is 0.492 e. The van der Waals surface area contributed by atoms with Crippen LogP contribution >= 0.6 is 15.9 Å². The Morgan fingerprint density at radius 2 is 2.41 bits per heavy atom. The highest BCUT2D eigenvalue weighted by atomic mass is 79.9. The van der Waals surface area contributed by atoms with Gasteiger partial charge in [0.05, 0.1) is 12.2 Å². The van der Waals surface area contributed by atoms with Crippen molar-refractivity contribution in [2.24, 2.45) is 5.92 Å². The first-order valence-electron chi connectivity index (χ1n) is 5.83. The molecule has 90 valence electrons. The summed E-state index contributed by atoms with van der Waals surface area (Å²) in [7, 11) is 0. The molecule has 2 rings (SSSR count). The quantitative estimate of drug-likeness (QED) is 0.932. The van der Waals surface area contributed by atoms with E-state index in [0.717, 1.165) is 17.6 Å². The molecular formula is C13H15BrN2O. The van der Waals surface area contributed by atoms with Crippen molar-refractivity contribution >= 4 is 15.9 Å². The molecule has 1 unspecified atom stereocenters. The highest BCUT2D eigenvalue weighted by molar-refractivity contribution is 9.10. The number of hydrogen-bond acceptors (Lipinski definition) is 3. The van der Waals surface area contributed by atoms with E-state index >= 15 is 0 Å². The Balaban J connectivity index is 1.96. The van der Waals surface area contributed by atoms with Crippen LogP contribution in [0.15, 0.2) is 22.7 Å². The maximum atomic E-state index is 9.02. The monoisotopic (exact) mass is 294 g/mol. The average Bonchev–Trinajstić information content (AvgIpc) is 2.38. The molecule has 1 fully saturated rings. The fourth-order valence-electron chi connectivity index (χ4n) is 1.99. The third-order valence-electron chi connectivity index (χ3n) is 2.94. The molecule has 0 aliphatic carbocycles. The molecule has 0 radical (unpaired) electrons. The molecule has 0 spiro atoms. The first-order valence-corrected chi connectivity index (χ1v) is 6.62. The van der Waals surface area contributed by atoms with E-state index in [9.17, 15) is 0 Å². The third-order valence-corrected chi connectivity index (χ3v) is 3.43. The highest BCUT2D eigenvalue weighted by Gasteiger charge is 2.14. The van der Waals surface area contributed by atoms with Crippen LogP contribution in [0.2, 0.25) is 0 Å². The topological polar surface area (TPSA) is 45.0 Å². The maximum Gasteiger partial charge on any atom is 0.137 e. The number of hydrogen-bond donors (Lipinski definition) is 1. The molecule has 1 atom stereocenters. The zero-order chi connectivity index (χ0) is 12.1. The average molecular weight is 295 g/mol. The Bertz CT molecular complexity index is 422. The summed E-state index contributed by atoms with van der Waals surface area (Å²) in [5, 5.41) is 12.4. The van der Waals surface area contributed by atoms with Crippen molar-refractivity contribution < 1.29 is 4.74 Å². The van der Waals surface area contributed by atoms with E-state index in [0.29, 0.717) is 23.8 Å². The predicted molar refractivity (Wildman–Crippen MR) is 69.9 cm³/mol. The van der Waals surface area contributed by atoms with Crippen molar-refractivity contribution in [3.05, 3.63) is 28.2 Å². The first kappa shape index (κ1) is 12.4. The van der Waals surface area contributed by atoms with Crippen molar-refractivity contribution in [3.8, 4) is 11.8 Å². The number of piperidine rings is 1. The van der Waals surface area contributed by atoms with Crippen LogP contribution in [0.1, 0.15) is 18.4 Å². The van der Waals surface area contributed by atoms with Gasteiger partial charge in [-0.1, -0.05) is 15.9 Å². The minimum Gasteiger partial charge on any atom is -0.492 e. The molecule has 1 aromatic carbocycles. The standard InChI is InChI=1S/C13H15BrN2O/c14-12-3-4-13(11(6-12)7-15)17-9-10-2-1-5-16-8-10/h3-4,6,10,16H,1-2,5,8-9H2. The summed E-state index contributed by atoms with van der Waals surface area (Å²) in [5.41, 5.74) is 0.586. The van der Waals surface area contributed by atoms with Gasteiger partial charge in [-0.2, -0.15) is 5.26 Å². The molecule has 3 nitrogen and oxygen atoms in total. The van der Waals surface area contributed by atoms with Gasteiger partial charge in [-0.05, 0) is 37.6 Å². The van der Waals surface area contributed by atoms with Gasteiger partial charge in [0.25, 0.3) is 0 Å². The summed E-state index contributed by atoms with van der Waals surface area (Å²) in [6.07, 6.45) is 2.41. The summed E-state index contributed by atoms with van der Waals surface area (Å²) >= 11 is 3.35.